The fourth-order valence-electron chi connectivity index (χ4n) is 3.02. The van der Waals surface area contributed by atoms with Crippen LogP contribution in [0.2, 0.25) is 0 Å². The fourth-order valence-corrected chi connectivity index (χ4v) is 3.02. The van der Waals surface area contributed by atoms with Crippen molar-refractivity contribution < 1.29 is 0 Å². The molecule has 0 bridgehead atoms. The summed E-state index contributed by atoms with van der Waals surface area (Å²) >= 11 is 0. The van der Waals surface area contributed by atoms with Crippen LogP contribution in [0.3, 0.4) is 0 Å². The van der Waals surface area contributed by atoms with Gasteiger partial charge >= 0.3 is 0 Å². The maximum absolute atomic E-state index is 4.15. The number of aryl methyl sites for hydroxylation is 1. The Labute approximate surface area is 120 Å². The van der Waals surface area contributed by atoms with Gasteiger partial charge in [0.05, 0.1) is 6.04 Å². The van der Waals surface area contributed by atoms with E-state index in [9.17, 15) is 0 Å². The molecule has 2 heterocycles. The second kappa shape index (κ2) is 5.49. The molecule has 102 valence electrons. The predicted octanol–water partition coefficient (Wildman–Crippen LogP) is 3.87. The average Bonchev–Trinajstić information content (AvgIpc) is 2.48. The minimum atomic E-state index is 0.304. The molecule has 3 rings (SSSR count). The van der Waals surface area contributed by atoms with Gasteiger partial charge in [0.2, 0.25) is 0 Å². The number of allylic oxidation sites excluding steroid dienone is 1. The molecule has 1 aliphatic rings. The number of hydrogen-bond acceptors (Lipinski definition) is 2. The van der Waals surface area contributed by atoms with Crippen LogP contribution in [0.1, 0.15) is 35.2 Å². The highest BCUT2D eigenvalue weighted by atomic mass is 15.1. The summed E-state index contributed by atoms with van der Waals surface area (Å²) in [5, 5.41) is 0. The highest BCUT2D eigenvalue weighted by Crippen LogP contribution is 2.35. The van der Waals surface area contributed by atoms with Crippen molar-refractivity contribution >= 4 is 0 Å². The van der Waals surface area contributed by atoms with Gasteiger partial charge in [-0.15, -0.1) is 0 Å². The maximum atomic E-state index is 4.15. The SMILES string of the molecule is CC=CN1CCc2ccc(C)cc2C1c1ccncc1. The second-order valence-electron chi connectivity index (χ2n) is 5.36. The number of benzene rings is 1. The quantitative estimate of drug-likeness (QED) is 0.818. The van der Waals surface area contributed by atoms with Gasteiger partial charge in [0.1, 0.15) is 0 Å². The molecule has 1 aliphatic heterocycles. The molecule has 0 radical (unpaired) electrons. The molecule has 0 saturated heterocycles. The number of fused-ring (bicyclic) bond motifs is 1. The molecule has 2 heteroatoms. The number of hydrogen-bond donors (Lipinski definition) is 0. The van der Waals surface area contributed by atoms with Crippen molar-refractivity contribution in [3.8, 4) is 0 Å². The molecule has 0 spiro atoms. The molecular weight excluding hydrogens is 244 g/mol. The first kappa shape index (κ1) is 12.9. The normalized spacial score (nSPS) is 18.3. The number of nitrogens with zero attached hydrogens (tertiary/aromatic N) is 2. The molecule has 0 N–H and O–H groups in total. The predicted molar refractivity (Wildman–Crippen MR) is 82.5 cm³/mol. The molecule has 1 aromatic carbocycles. The fraction of sp³-hybridized carbons (Fsp3) is 0.278. The lowest BCUT2D eigenvalue weighted by Gasteiger charge is -2.37. The van der Waals surface area contributed by atoms with E-state index in [0.717, 1.165) is 13.0 Å². The van der Waals surface area contributed by atoms with E-state index in [1.807, 2.05) is 12.4 Å². The minimum Gasteiger partial charge on any atom is -0.366 e. The highest BCUT2D eigenvalue weighted by molar-refractivity contribution is 5.41. The van der Waals surface area contributed by atoms with Gasteiger partial charge in [0.15, 0.2) is 0 Å². The molecule has 0 aliphatic carbocycles. The second-order valence-corrected chi connectivity index (χ2v) is 5.36. The Morgan fingerprint density at radius 3 is 2.75 bits per heavy atom. The first-order valence-corrected chi connectivity index (χ1v) is 7.17. The molecule has 0 amide bonds. The van der Waals surface area contributed by atoms with E-state index in [0.29, 0.717) is 6.04 Å². The Balaban J connectivity index is 2.13. The van der Waals surface area contributed by atoms with Crippen LogP contribution in [-0.2, 0) is 6.42 Å². The molecular formula is C18H20N2. The Hall–Kier alpha value is -2.09. The van der Waals surface area contributed by atoms with Crippen molar-refractivity contribution in [2.45, 2.75) is 26.3 Å². The van der Waals surface area contributed by atoms with Crippen molar-refractivity contribution in [2.75, 3.05) is 6.54 Å². The van der Waals surface area contributed by atoms with Crippen molar-refractivity contribution in [3.05, 3.63) is 77.3 Å². The van der Waals surface area contributed by atoms with Gasteiger partial charge in [-0.3, -0.25) is 4.98 Å². The Morgan fingerprint density at radius 2 is 2.00 bits per heavy atom. The summed E-state index contributed by atoms with van der Waals surface area (Å²) in [5.74, 6) is 0. The minimum absolute atomic E-state index is 0.304. The van der Waals surface area contributed by atoms with E-state index in [4.69, 9.17) is 0 Å². The zero-order chi connectivity index (χ0) is 13.9. The third kappa shape index (κ3) is 2.34. The highest BCUT2D eigenvalue weighted by Gasteiger charge is 2.26. The van der Waals surface area contributed by atoms with Crippen LogP contribution in [-0.4, -0.2) is 16.4 Å². The smallest absolute Gasteiger partial charge is 0.0794 e. The molecule has 0 saturated carbocycles. The number of rotatable bonds is 2. The summed E-state index contributed by atoms with van der Waals surface area (Å²) in [4.78, 5) is 6.58. The number of pyridine rings is 1. The van der Waals surface area contributed by atoms with Crippen molar-refractivity contribution in [1.29, 1.82) is 0 Å². The molecule has 1 atom stereocenters. The van der Waals surface area contributed by atoms with Gasteiger partial charge in [-0.1, -0.05) is 29.8 Å². The largest absolute Gasteiger partial charge is 0.366 e. The average molecular weight is 264 g/mol. The molecule has 2 aromatic rings. The van der Waals surface area contributed by atoms with Gasteiger partial charge in [-0.05, 0) is 55.3 Å². The first-order chi connectivity index (χ1) is 9.79. The van der Waals surface area contributed by atoms with Crippen LogP contribution in [0.4, 0.5) is 0 Å². The van der Waals surface area contributed by atoms with Crippen LogP contribution < -0.4 is 0 Å². The van der Waals surface area contributed by atoms with Crippen molar-refractivity contribution in [2.24, 2.45) is 0 Å². The van der Waals surface area contributed by atoms with E-state index in [2.05, 4.69) is 66.3 Å². The van der Waals surface area contributed by atoms with Gasteiger partial charge in [-0.2, -0.15) is 0 Å². The molecule has 1 aromatic heterocycles. The van der Waals surface area contributed by atoms with Crippen LogP contribution in [0, 0.1) is 6.92 Å². The molecule has 0 fully saturated rings. The van der Waals surface area contributed by atoms with Gasteiger partial charge in [-0.25, -0.2) is 0 Å². The topological polar surface area (TPSA) is 16.1 Å². The summed E-state index contributed by atoms with van der Waals surface area (Å²) in [6, 6.07) is 11.4. The zero-order valence-electron chi connectivity index (χ0n) is 12.1. The molecule has 2 nitrogen and oxygen atoms in total. The summed E-state index contributed by atoms with van der Waals surface area (Å²) < 4.78 is 0. The van der Waals surface area contributed by atoms with Crippen LogP contribution in [0.5, 0.6) is 0 Å². The Morgan fingerprint density at radius 1 is 1.20 bits per heavy atom. The van der Waals surface area contributed by atoms with E-state index in [1.54, 1.807) is 0 Å². The van der Waals surface area contributed by atoms with E-state index in [-0.39, 0.29) is 0 Å². The van der Waals surface area contributed by atoms with Gasteiger partial charge < -0.3 is 4.90 Å². The van der Waals surface area contributed by atoms with Crippen molar-refractivity contribution in [1.82, 2.24) is 9.88 Å². The lowest BCUT2D eigenvalue weighted by atomic mass is 9.88. The van der Waals surface area contributed by atoms with Crippen LogP contribution >= 0.6 is 0 Å². The summed E-state index contributed by atoms with van der Waals surface area (Å²) in [6.07, 6.45) is 9.20. The third-order valence-corrected chi connectivity index (χ3v) is 3.93. The molecule has 1 unspecified atom stereocenters. The van der Waals surface area contributed by atoms with E-state index >= 15 is 0 Å². The summed E-state index contributed by atoms with van der Waals surface area (Å²) in [5.41, 5.74) is 5.54. The van der Waals surface area contributed by atoms with Gasteiger partial charge in [0.25, 0.3) is 0 Å². The third-order valence-electron chi connectivity index (χ3n) is 3.93. The Kier molecular flexibility index (Phi) is 3.55. The lowest BCUT2D eigenvalue weighted by molar-refractivity contribution is 0.300. The van der Waals surface area contributed by atoms with Gasteiger partial charge in [0, 0.05) is 18.9 Å². The van der Waals surface area contributed by atoms with Crippen molar-refractivity contribution in [3.63, 3.8) is 0 Å². The zero-order valence-corrected chi connectivity index (χ0v) is 12.1. The van der Waals surface area contributed by atoms with E-state index in [1.165, 1.54) is 22.3 Å². The monoisotopic (exact) mass is 264 g/mol. The first-order valence-electron chi connectivity index (χ1n) is 7.17. The van der Waals surface area contributed by atoms with E-state index < -0.39 is 0 Å². The lowest BCUT2D eigenvalue weighted by Crippen LogP contribution is -2.32. The number of aromatic nitrogens is 1. The van der Waals surface area contributed by atoms with Crippen LogP contribution in [0.25, 0.3) is 0 Å². The standard InChI is InChI=1S/C18H20N2/c1-3-11-20-12-8-15-5-4-14(2)13-17(15)18(20)16-6-9-19-10-7-16/h3-7,9-11,13,18H,8,12H2,1-2H3. The van der Waals surface area contributed by atoms with Crippen LogP contribution in [0.15, 0.2) is 55.0 Å². The molecule has 20 heavy (non-hydrogen) atoms. The summed E-state index contributed by atoms with van der Waals surface area (Å²) in [7, 11) is 0. The Bertz CT molecular complexity index is 617. The summed E-state index contributed by atoms with van der Waals surface area (Å²) in [6.45, 7) is 5.31. The maximum Gasteiger partial charge on any atom is 0.0794 e.